The van der Waals surface area contributed by atoms with Gasteiger partial charge in [-0.2, -0.15) is 5.10 Å². The zero-order valence-corrected chi connectivity index (χ0v) is 13.6. The molecule has 0 aromatic carbocycles. The highest BCUT2D eigenvalue weighted by Crippen LogP contribution is 2.31. The molecule has 1 fully saturated rings. The number of hydrogen-bond donors (Lipinski definition) is 2. The Morgan fingerprint density at radius 1 is 1.42 bits per heavy atom. The first-order chi connectivity index (χ1) is 11.7. The Balaban J connectivity index is 1.50. The van der Waals surface area contributed by atoms with Gasteiger partial charge in [0.05, 0.1) is 6.10 Å². The van der Waals surface area contributed by atoms with E-state index >= 15 is 0 Å². The van der Waals surface area contributed by atoms with Crippen molar-refractivity contribution >= 4 is 5.91 Å². The summed E-state index contributed by atoms with van der Waals surface area (Å²) >= 11 is 0. The zero-order valence-electron chi connectivity index (χ0n) is 13.6. The second-order valence-electron chi connectivity index (χ2n) is 6.35. The van der Waals surface area contributed by atoms with E-state index < -0.39 is 0 Å². The third kappa shape index (κ3) is 4.61. The summed E-state index contributed by atoms with van der Waals surface area (Å²) in [7, 11) is 0. The van der Waals surface area contributed by atoms with Crippen molar-refractivity contribution in [2.75, 3.05) is 0 Å². The van der Waals surface area contributed by atoms with Gasteiger partial charge in [-0.25, -0.2) is 4.98 Å². The van der Waals surface area contributed by atoms with Gasteiger partial charge in [0.15, 0.2) is 0 Å². The highest BCUT2D eigenvalue weighted by atomic mass is 16.3. The van der Waals surface area contributed by atoms with Gasteiger partial charge in [0.1, 0.15) is 12.7 Å². The number of aromatic nitrogens is 4. The molecular weight excluding hydrogens is 306 g/mol. The fraction of sp³-hybridized carbons (Fsp3) is 0.529. The van der Waals surface area contributed by atoms with Gasteiger partial charge in [0.25, 0.3) is 0 Å². The second-order valence-corrected chi connectivity index (χ2v) is 6.35. The smallest absolute Gasteiger partial charge is 0.220 e. The van der Waals surface area contributed by atoms with Crippen molar-refractivity contribution in [1.29, 1.82) is 0 Å². The summed E-state index contributed by atoms with van der Waals surface area (Å²) < 4.78 is 1.72. The van der Waals surface area contributed by atoms with Crippen LogP contribution in [0.2, 0.25) is 0 Å². The predicted molar refractivity (Wildman–Crippen MR) is 87.9 cm³/mol. The summed E-state index contributed by atoms with van der Waals surface area (Å²) in [5.41, 5.74) is 0.965. The van der Waals surface area contributed by atoms with Gasteiger partial charge in [0.2, 0.25) is 5.91 Å². The molecule has 24 heavy (non-hydrogen) atoms. The number of amides is 1. The molecule has 3 rings (SSSR count). The molecule has 2 N–H and O–H groups in total. The van der Waals surface area contributed by atoms with Crippen LogP contribution >= 0.6 is 0 Å². The fourth-order valence-electron chi connectivity index (χ4n) is 3.07. The molecule has 0 saturated heterocycles. The lowest BCUT2D eigenvalue weighted by molar-refractivity contribution is -0.123. The third-order valence-electron chi connectivity index (χ3n) is 4.48. The predicted octanol–water partition coefficient (Wildman–Crippen LogP) is 0.952. The standard InChI is InChI=1S/C17H23N5O2/c23-15-8-13(9-15)16(10-14-4-1-2-6-19-14)21-17(24)5-3-7-22-12-18-11-20-22/h1-2,4,6,11-13,15-16,23H,3,5,7-10H2,(H,21,24)/t13?,15?,16-/m1/s1. The first kappa shape index (κ1) is 16.6. The van der Waals surface area contributed by atoms with Crippen LogP contribution in [0.15, 0.2) is 37.1 Å². The molecule has 1 amide bonds. The molecule has 0 bridgehead atoms. The first-order valence-corrected chi connectivity index (χ1v) is 8.40. The summed E-state index contributed by atoms with van der Waals surface area (Å²) in [6.45, 7) is 0.681. The monoisotopic (exact) mass is 329 g/mol. The summed E-state index contributed by atoms with van der Waals surface area (Å²) in [5.74, 6) is 0.360. The van der Waals surface area contributed by atoms with E-state index in [0.29, 0.717) is 25.3 Å². The molecule has 1 saturated carbocycles. The van der Waals surface area contributed by atoms with Gasteiger partial charge in [0, 0.05) is 37.3 Å². The Hall–Kier alpha value is -2.28. The van der Waals surface area contributed by atoms with Gasteiger partial charge in [-0.15, -0.1) is 0 Å². The summed E-state index contributed by atoms with van der Waals surface area (Å²) in [6, 6.07) is 5.84. The minimum atomic E-state index is -0.231. The molecule has 2 heterocycles. The minimum Gasteiger partial charge on any atom is -0.393 e. The zero-order chi connectivity index (χ0) is 16.8. The molecule has 1 atom stereocenters. The number of carbonyl (C=O) groups is 1. The highest BCUT2D eigenvalue weighted by Gasteiger charge is 2.34. The van der Waals surface area contributed by atoms with Crippen LogP contribution in [-0.2, 0) is 17.8 Å². The maximum atomic E-state index is 12.3. The summed E-state index contributed by atoms with van der Waals surface area (Å²) in [4.78, 5) is 20.5. The molecule has 128 valence electrons. The number of aliphatic hydroxyl groups is 1. The molecule has 2 aromatic heterocycles. The third-order valence-corrected chi connectivity index (χ3v) is 4.48. The number of carbonyl (C=O) groups excluding carboxylic acids is 1. The number of aryl methyl sites for hydroxylation is 1. The highest BCUT2D eigenvalue weighted by molar-refractivity contribution is 5.76. The maximum Gasteiger partial charge on any atom is 0.220 e. The maximum absolute atomic E-state index is 12.3. The molecule has 0 spiro atoms. The van der Waals surface area contributed by atoms with Gasteiger partial charge < -0.3 is 10.4 Å². The van der Waals surface area contributed by atoms with Gasteiger partial charge in [-0.05, 0) is 37.3 Å². The molecule has 7 nitrogen and oxygen atoms in total. The van der Waals surface area contributed by atoms with Crippen LogP contribution in [0.5, 0.6) is 0 Å². The quantitative estimate of drug-likeness (QED) is 0.752. The Morgan fingerprint density at radius 2 is 2.29 bits per heavy atom. The number of hydrogen-bond acceptors (Lipinski definition) is 5. The molecule has 7 heteroatoms. The van der Waals surface area contributed by atoms with Crippen molar-refractivity contribution in [3.63, 3.8) is 0 Å². The van der Waals surface area contributed by atoms with Crippen molar-refractivity contribution < 1.29 is 9.90 Å². The van der Waals surface area contributed by atoms with Crippen LogP contribution in [0, 0.1) is 5.92 Å². The summed E-state index contributed by atoms with van der Waals surface area (Å²) in [5, 5.41) is 16.7. The Bertz CT molecular complexity index is 626. The molecule has 0 radical (unpaired) electrons. The van der Waals surface area contributed by atoms with E-state index in [4.69, 9.17) is 0 Å². The van der Waals surface area contributed by atoms with Gasteiger partial charge in [-0.1, -0.05) is 6.07 Å². The van der Waals surface area contributed by atoms with Crippen molar-refractivity contribution in [1.82, 2.24) is 25.1 Å². The number of aliphatic hydroxyl groups excluding tert-OH is 1. The van der Waals surface area contributed by atoms with Crippen LogP contribution < -0.4 is 5.32 Å². The second kappa shape index (κ2) is 8.01. The number of nitrogens with zero attached hydrogens (tertiary/aromatic N) is 4. The van der Waals surface area contributed by atoms with E-state index in [0.717, 1.165) is 25.0 Å². The topological polar surface area (TPSA) is 92.9 Å². The summed E-state index contributed by atoms with van der Waals surface area (Å²) in [6.07, 6.45) is 8.04. The van der Waals surface area contributed by atoms with E-state index in [1.54, 1.807) is 17.2 Å². The van der Waals surface area contributed by atoms with Crippen molar-refractivity contribution in [3.8, 4) is 0 Å². The van der Waals surface area contributed by atoms with Crippen LogP contribution in [0.25, 0.3) is 0 Å². The van der Waals surface area contributed by atoms with Crippen LogP contribution in [0.1, 0.15) is 31.4 Å². The number of pyridine rings is 1. The Morgan fingerprint density at radius 3 is 2.96 bits per heavy atom. The lowest BCUT2D eigenvalue weighted by Gasteiger charge is -2.38. The Kier molecular flexibility index (Phi) is 5.53. The number of nitrogens with one attached hydrogen (secondary N) is 1. The fourth-order valence-corrected chi connectivity index (χ4v) is 3.07. The van der Waals surface area contributed by atoms with E-state index in [1.807, 2.05) is 18.2 Å². The van der Waals surface area contributed by atoms with Crippen molar-refractivity contribution in [2.24, 2.45) is 5.92 Å². The van der Waals surface area contributed by atoms with Crippen LogP contribution in [0.3, 0.4) is 0 Å². The molecule has 1 aliphatic rings. The van der Waals surface area contributed by atoms with Crippen LogP contribution in [-0.4, -0.2) is 42.9 Å². The van der Waals surface area contributed by atoms with Crippen molar-refractivity contribution in [3.05, 3.63) is 42.7 Å². The average molecular weight is 329 g/mol. The van der Waals surface area contributed by atoms with Gasteiger partial charge in [-0.3, -0.25) is 14.5 Å². The van der Waals surface area contributed by atoms with E-state index in [-0.39, 0.29) is 18.1 Å². The van der Waals surface area contributed by atoms with Crippen LogP contribution in [0.4, 0.5) is 0 Å². The lowest BCUT2D eigenvalue weighted by atomic mass is 9.76. The largest absolute Gasteiger partial charge is 0.393 e. The van der Waals surface area contributed by atoms with E-state index in [9.17, 15) is 9.90 Å². The molecular formula is C17H23N5O2. The first-order valence-electron chi connectivity index (χ1n) is 8.40. The van der Waals surface area contributed by atoms with Gasteiger partial charge >= 0.3 is 0 Å². The molecule has 0 aliphatic heterocycles. The minimum absolute atomic E-state index is 0.0298. The van der Waals surface area contributed by atoms with Crippen molar-refractivity contribution in [2.45, 2.75) is 50.8 Å². The van der Waals surface area contributed by atoms with E-state index in [2.05, 4.69) is 20.4 Å². The normalized spacial score (nSPS) is 21.0. The SMILES string of the molecule is O=C(CCCn1cncn1)N[C@H](Cc1ccccn1)C1CC(O)C1. The Labute approximate surface area is 141 Å². The molecule has 0 unspecified atom stereocenters. The number of rotatable bonds is 8. The molecule has 2 aromatic rings. The van der Waals surface area contributed by atoms with E-state index in [1.165, 1.54) is 6.33 Å². The average Bonchev–Trinajstić information content (AvgIpc) is 3.06. The lowest BCUT2D eigenvalue weighted by Crippen LogP contribution is -2.48. The molecule has 1 aliphatic carbocycles.